The third-order valence-electron chi connectivity index (χ3n) is 2.70. The fourth-order valence-corrected chi connectivity index (χ4v) is 0.972. The molecule has 3 N–H and O–H groups in total. The molecule has 0 aliphatic rings. The van der Waals surface area contributed by atoms with Crippen LogP contribution >= 0.6 is 12.4 Å². The summed E-state index contributed by atoms with van der Waals surface area (Å²) < 4.78 is 0. The molecule has 0 saturated carbocycles. The van der Waals surface area contributed by atoms with Crippen LogP contribution in [0.5, 0.6) is 0 Å². The molecule has 2 atom stereocenters. The van der Waals surface area contributed by atoms with Crippen LogP contribution in [0.3, 0.4) is 0 Å². The van der Waals surface area contributed by atoms with Crippen molar-refractivity contribution in [2.75, 3.05) is 13.1 Å². The van der Waals surface area contributed by atoms with E-state index in [-0.39, 0.29) is 18.3 Å². The van der Waals surface area contributed by atoms with Gasteiger partial charge in [0.05, 0.1) is 0 Å². The lowest BCUT2D eigenvalue weighted by Crippen LogP contribution is -2.32. The highest BCUT2D eigenvalue weighted by molar-refractivity contribution is 5.85. The minimum Gasteiger partial charge on any atom is -0.356 e. The molecule has 0 heterocycles. The highest BCUT2D eigenvalue weighted by atomic mass is 35.5. The molecule has 0 radical (unpaired) electrons. The maximum absolute atomic E-state index is 11.4. The monoisotopic (exact) mass is 236 g/mol. The van der Waals surface area contributed by atoms with Gasteiger partial charge in [0.25, 0.3) is 0 Å². The van der Waals surface area contributed by atoms with Crippen LogP contribution in [0.1, 0.15) is 34.1 Å². The SMILES string of the molecule is CC(CN)CNC(=O)CC(C)C(C)C.Cl. The van der Waals surface area contributed by atoms with Gasteiger partial charge in [-0.05, 0) is 24.3 Å². The van der Waals surface area contributed by atoms with Gasteiger partial charge in [0.1, 0.15) is 0 Å². The Hall–Kier alpha value is -0.280. The second kappa shape index (κ2) is 8.98. The van der Waals surface area contributed by atoms with Crippen LogP contribution in [0.15, 0.2) is 0 Å². The third-order valence-corrected chi connectivity index (χ3v) is 2.70. The molecule has 15 heavy (non-hydrogen) atoms. The summed E-state index contributed by atoms with van der Waals surface area (Å²) in [6, 6.07) is 0. The molecule has 0 bridgehead atoms. The quantitative estimate of drug-likeness (QED) is 0.739. The van der Waals surface area contributed by atoms with Crippen molar-refractivity contribution >= 4 is 18.3 Å². The molecule has 0 aromatic heterocycles. The van der Waals surface area contributed by atoms with Gasteiger partial charge in [-0.15, -0.1) is 12.4 Å². The first kappa shape index (κ1) is 17.1. The predicted octanol–water partition coefficient (Wildman–Crippen LogP) is 1.80. The van der Waals surface area contributed by atoms with E-state index in [4.69, 9.17) is 5.73 Å². The van der Waals surface area contributed by atoms with E-state index in [2.05, 4.69) is 26.1 Å². The number of hydrogen-bond acceptors (Lipinski definition) is 2. The van der Waals surface area contributed by atoms with Crippen LogP contribution in [0.4, 0.5) is 0 Å². The van der Waals surface area contributed by atoms with Gasteiger partial charge >= 0.3 is 0 Å². The zero-order chi connectivity index (χ0) is 11.1. The van der Waals surface area contributed by atoms with Gasteiger partial charge in [-0.2, -0.15) is 0 Å². The normalized spacial score (nSPS) is 14.3. The average molecular weight is 237 g/mol. The van der Waals surface area contributed by atoms with Gasteiger partial charge in [0.15, 0.2) is 0 Å². The molecular weight excluding hydrogens is 212 g/mol. The van der Waals surface area contributed by atoms with Crippen LogP contribution in [0.2, 0.25) is 0 Å². The molecule has 0 aromatic carbocycles. The first-order valence-electron chi connectivity index (χ1n) is 5.44. The topological polar surface area (TPSA) is 55.1 Å². The summed E-state index contributed by atoms with van der Waals surface area (Å²) in [5, 5.41) is 2.90. The zero-order valence-electron chi connectivity index (χ0n) is 10.2. The van der Waals surface area contributed by atoms with E-state index < -0.39 is 0 Å². The van der Waals surface area contributed by atoms with E-state index in [1.165, 1.54) is 0 Å². The lowest BCUT2D eigenvalue weighted by molar-refractivity contribution is -0.122. The Balaban J connectivity index is 0. The van der Waals surface area contributed by atoms with Crippen LogP contribution < -0.4 is 11.1 Å². The first-order valence-corrected chi connectivity index (χ1v) is 5.44. The van der Waals surface area contributed by atoms with Crippen molar-refractivity contribution in [3.63, 3.8) is 0 Å². The molecule has 92 valence electrons. The third kappa shape index (κ3) is 8.70. The van der Waals surface area contributed by atoms with Crippen molar-refractivity contribution in [3.05, 3.63) is 0 Å². The van der Waals surface area contributed by atoms with Crippen molar-refractivity contribution in [3.8, 4) is 0 Å². The summed E-state index contributed by atoms with van der Waals surface area (Å²) in [5.41, 5.74) is 5.46. The minimum atomic E-state index is 0. The van der Waals surface area contributed by atoms with Crippen molar-refractivity contribution in [1.29, 1.82) is 0 Å². The van der Waals surface area contributed by atoms with Crippen LogP contribution in [0.25, 0.3) is 0 Å². The van der Waals surface area contributed by atoms with E-state index in [9.17, 15) is 4.79 Å². The lowest BCUT2D eigenvalue weighted by Gasteiger charge is -2.16. The van der Waals surface area contributed by atoms with E-state index in [0.717, 1.165) is 0 Å². The molecule has 2 unspecified atom stereocenters. The summed E-state index contributed by atoms with van der Waals surface area (Å²) in [5.74, 6) is 1.52. The number of halogens is 1. The number of nitrogens with two attached hydrogens (primary N) is 1. The maximum Gasteiger partial charge on any atom is 0.220 e. The molecule has 0 spiro atoms. The van der Waals surface area contributed by atoms with E-state index in [1.807, 2.05) is 6.92 Å². The van der Waals surface area contributed by atoms with Crippen molar-refractivity contribution in [1.82, 2.24) is 5.32 Å². The molecule has 0 aliphatic heterocycles. The standard InChI is InChI=1S/C11H24N2O.ClH/c1-8(2)10(4)5-11(14)13-7-9(3)6-12;/h8-10H,5-7,12H2,1-4H3,(H,13,14);1H. The maximum atomic E-state index is 11.4. The van der Waals surface area contributed by atoms with E-state index in [0.29, 0.717) is 37.3 Å². The molecule has 0 fully saturated rings. The predicted molar refractivity (Wildman–Crippen MR) is 67.1 cm³/mol. The number of hydrogen-bond donors (Lipinski definition) is 2. The second-order valence-corrected chi connectivity index (χ2v) is 4.57. The van der Waals surface area contributed by atoms with Crippen LogP contribution in [0, 0.1) is 17.8 Å². The molecule has 4 heteroatoms. The molecule has 0 saturated heterocycles. The van der Waals surface area contributed by atoms with Crippen LogP contribution in [-0.2, 0) is 4.79 Å². The largest absolute Gasteiger partial charge is 0.356 e. The molecular formula is C11H25ClN2O. The fraction of sp³-hybridized carbons (Fsp3) is 0.909. The number of carbonyl (C=O) groups excluding carboxylic acids is 1. The summed E-state index contributed by atoms with van der Waals surface area (Å²) in [7, 11) is 0. The highest BCUT2D eigenvalue weighted by Crippen LogP contribution is 2.13. The second-order valence-electron chi connectivity index (χ2n) is 4.57. The summed E-state index contributed by atoms with van der Waals surface area (Å²) >= 11 is 0. The molecule has 3 nitrogen and oxygen atoms in total. The van der Waals surface area contributed by atoms with Crippen molar-refractivity contribution in [2.45, 2.75) is 34.1 Å². The Morgan fingerprint density at radius 2 is 1.80 bits per heavy atom. The number of rotatable bonds is 6. The first-order chi connectivity index (χ1) is 6.47. The Labute approximate surface area is 99.6 Å². The molecule has 0 rings (SSSR count). The number of amides is 1. The smallest absolute Gasteiger partial charge is 0.220 e. The lowest BCUT2D eigenvalue weighted by atomic mass is 9.94. The zero-order valence-corrected chi connectivity index (χ0v) is 11.1. The Morgan fingerprint density at radius 1 is 1.27 bits per heavy atom. The van der Waals surface area contributed by atoms with Crippen molar-refractivity contribution in [2.24, 2.45) is 23.5 Å². The van der Waals surface area contributed by atoms with Gasteiger partial charge < -0.3 is 11.1 Å². The molecule has 0 aliphatic carbocycles. The Kier molecular flexibility index (Phi) is 10.3. The molecule has 1 amide bonds. The van der Waals surface area contributed by atoms with Gasteiger partial charge in [0, 0.05) is 13.0 Å². The highest BCUT2D eigenvalue weighted by Gasteiger charge is 2.12. The van der Waals surface area contributed by atoms with E-state index >= 15 is 0 Å². The van der Waals surface area contributed by atoms with Crippen LogP contribution in [-0.4, -0.2) is 19.0 Å². The number of carbonyl (C=O) groups is 1. The fourth-order valence-electron chi connectivity index (χ4n) is 0.972. The van der Waals surface area contributed by atoms with E-state index in [1.54, 1.807) is 0 Å². The number of nitrogens with one attached hydrogen (secondary N) is 1. The summed E-state index contributed by atoms with van der Waals surface area (Å²) in [6.07, 6.45) is 0.620. The van der Waals surface area contributed by atoms with Gasteiger partial charge in [-0.3, -0.25) is 4.79 Å². The summed E-state index contributed by atoms with van der Waals surface area (Å²) in [6.45, 7) is 9.74. The average Bonchev–Trinajstić information content (AvgIpc) is 2.13. The van der Waals surface area contributed by atoms with Gasteiger partial charge in [0.2, 0.25) is 5.91 Å². The molecule has 0 aromatic rings. The Bertz CT molecular complexity index is 174. The van der Waals surface area contributed by atoms with Crippen molar-refractivity contribution < 1.29 is 4.79 Å². The van der Waals surface area contributed by atoms with Gasteiger partial charge in [-0.1, -0.05) is 27.7 Å². The summed E-state index contributed by atoms with van der Waals surface area (Å²) in [4.78, 5) is 11.4. The minimum absolute atomic E-state index is 0. The Morgan fingerprint density at radius 3 is 2.20 bits per heavy atom. The van der Waals surface area contributed by atoms with Gasteiger partial charge in [-0.25, -0.2) is 0 Å².